The van der Waals surface area contributed by atoms with Crippen molar-refractivity contribution in [2.45, 2.75) is 7.12 Å². The zero-order chi connectivity index (χ0) is 13.8. The molecular weight excluding hydrogens is 273 g/mol. The average Bonchev–Trinajstić information content (AvgIpc) is 2.34. The first kappa shape index (κ1) is 18.0. The fourth-order valence-corrected chi connectivity index (χ4v) is 1.39. The van der Waals surface area contributed by atoms with Crippen LogP contribution in [-0.2, 0) is 11.3 Å². The van der Waals surface area contributed by atoms with E-state index in [0.717, 1.165) is 61.6 Å². The Hall–Kier alpha value is -0.0187. The van der Waals surface area contributed by atoms with E-state index in [-0.39, 0.29) is 6.09 Å². The van der Waals surface area contributed by atoms with Crippen LogP contribution in [0.2, 0.25) is 0.515 Å². The Morgan fingerprint density at radius 1 is 1.28 bits per heavy atom. The Kier molecular flexibility index (Phi) is 12.0. The molecule has 18 heavy (non-hydrogen) atoms. The van der Waals surface area contributed by atoms with Crippen molar-refractivity contribution in [3.8, 4) is 0 Å². The second-order valence-electron chi connectivity index (χ2n) is 3.24. The van der Waals surface area contributed by atoms with E-state index in [9.17, 15) is 17.7 Å². The van der Waals surface area contributed by atoms with Gasteiger partial charge in [-0.2, -0.15) is 0 Å². The van der Waals surface area contributed by atoms with E-state index in [1.165, 1.54) is 0 Å². The summed E-state index contributed by atoms with van der Waals surface area (Å²) in [7, 11) is -3.67. The predicted molar refractivity (Wildman–Crippen MR) is 64.3 cm³/mol. The molecule has 0 atom stereocenters. The van der Waals surface area contributed by atoms with Crippen molar-refractivity contribution in [3.63, 3.8) is 0 Å². The van der Waals surface area contributed by atoms with Gasteiger partial charge in [-0.15, -0.1) is 0 Å². The third-order valence-electron chi connectivity index (χ3n) is 1.73. The molecule has 0 fully saturated rings. The van der Waals surface area contributed by atoms with Crippen LogP contribution in [0, 0.1) is 0 Å². The summed E-state index contributed by atoms with van der Waals surface area (Å²) >= 11 is 0.791. The van der Waals surface area contributed by atoms with Gasteiger partial charge in [0.25, 0.3) is 0 Å². The van der Waals surface area contributed by atoms with E-state index in [1.54, 1.807) is 0 Å². The van der Waals surface area contributed by atoms with Gasteiger partial charge in [-0.3, -0.25) is 12.9 Å². The van der Waals surface area contributed by atoms with Gasteiger partial charge in [-0.05, 0) is 0 Å². The zero-order valence-corrected chi connectivity index (χ0v) is 13.2. The molecule has 1 aromatic carbocycles. The first-order chi connectivity index (χ1) is 8.56. The van der Waals surface area contributed by atoms with Crippen molar-refractivity contribution in [2.75, 3.05) is 6.54 Å². The van der Waals surface area contributed by atoms with Crippen LogP contribution in [0.1, 0.15) is 5.56 Å². The van der Waals surface area contributed by atoms with E-state index in [0.29, 0.717) is 6.61 Å². The van der Waals surface area contributed by atoms with Crippen LogP contribution in [-0.4, -0.2) is 69.1 Å². The summed E-state index contributed by atoms with van der Waals surface area (Å²) in [5, 5.41) is 2.69. The fraction of sp³-hybridized carbons (Fsp3) is 0.300. The van der Waals surface area contributed by atoms with Crippen molar-refractivity contribution in [1.29, 1.82) is 0 Å². The first-order valence-corrected chi connectivity index (χ1v) is 7.63. The molecule has 1 aromatic rings. The summed E-state index contributed by atoms with van der Waals surface area (Å²) in [6.07, 6.45) is -0.321. The number of hydrogen-bond donors (Lipinski definition) is 1. The summed E-state index contributed by atoms with van der Waals surface area (Å²) in [6, 6.07) is 9.66. The molecule has 0 saturated heterocycles. The molecule has 0 aliphatic rings. The Bertz CT molecular complexity index is 327. The van der Waals surface area contributed by atoms with Crippen LogP contribution in [0.4, 0.5) is 17.7 Å². The molecule has 94 valence electrons. The van der Waals surface area contributed by atoms with Gasteiger partial charge in [0.1, 0.15) is 0 Å². The number of benzene rings is 1. The average molecular weight is 285 g/mol. The number of nitrogens with one attached hydrogen (secondary N) is 1. The third-order valence-corrected chi connectivity index (χ3v) is 2.51. The molecule has 8 heteroatoms. The quantitative estimate of drug-likeness (QED) is 0.863. The van der Waals surface area contributed by atoms with Crippen molar-refractivity contribution < 1.29 is 22.5 Å². The molecule has 1 N–H and O–H groups in total. The standard InChI is InChI=1S/C10H12NO2.BF3.K/c1-2-11-10(12)13-8-9-6-4-3-5-7-9;2-1(3)4;/h3-7H,1-2,8H2,(H,11,12);;. The minimum atomic E-state index is -3.67. The molecule has 0 spiro atoms. The zero-order valence-electron chi connectivity index (χ0n) is 10.0. The Labute approximate surface area is 138 Å². The molecule has 0 aliphatic carbocycles. The number of amides is 1. The second kappa shape index (κ2) is 12.0. The molecule has 0 aromatic heterocycles. The minimum absolute atomic E-state index is 0.321. The topological polar surface area (TPSA) is 38.3 Å². The predicted octanol–water partition coefficient (Wildman–Crippen LogP) is 2.38. The molecule has 0 saturated carbocycles. The van der Waals surface area contributed by atoms with E-state index < -0.39 is 7.54 Å². The molecular formula is C10H12BF3KNO2. The van der Waals surface area contributed by atoms with E-state index in [2.05, 4.69) is 5.32 Å². The fourth-order valence-electron chi connectivity index (χ4n) is 1.00. The van der Waals surface area contributed by atoms with Gasteiger partial charge in [0.2, 0.25) is 0 Å². The summed E-state index contributed by atoms with van der Waals surface area (Å²) in [4.78, 5) is 11.1. The van der Waals surface area contributed by atoms with Crippen LogP contribution in [0.15, 0.2) is 30.3 Å². The van der Waals surface area contributed by atoms with Gasteiger partial charge in [0, 0.05) is 0 Å². The Balaban J connectivity index is 0.000000631. The summed E-state index contributed by atoms with van der Waals surface area (Å²) in [5.74, 6) is 0. The normalized spacial score (nSPS) is 8.94. The SMILES string of the molecule is FB(F)F.O=C(NC[CH2][K])OCc1ccccc1. The third kappa shape index (κ3) is 12.4. The van der Waals surface area contributed by atoms with Gasteiger partial charge >= 0.3 is 127 Å². The van der Waals surface area contributed by atoms with Gasteiger partial charge in [-0.25, -0.2) is 0 Å². The molecule has 0 heterocycles. The number of halogens is 3. The van der Waals surface area contributed by atoms with Crippen LogP contribution < -0.4 is 5.32 Å². The van der Waals surface area contributed by atoms with Crippen LogP contribution in [0.5, 0.6) is 0 Å². The van der Waals surface area contributed by atoms with Crippen molar-refractivity contribution in [1.82, 2.24) is 5.32 Å². The molecule has 1 amide bonds. The first-order valence-electron chi connectivity index (χ1n) is 5.43. The second-order valence-corrected chi connectivity index (χ2v) is 4.80. The number of hydrogen-bond acceptors (Lipinski definition) is 2. The Morgan fingerprint density at radius 2 is 1.83 bits per heavy atom. The van der Waals surface area contributed by atoms with Gasteiger partial charge in [0.15, 0.2) is 0 Å². The molecule has 0 radical (unpaired) electrons. The van der Waals surface area contributed by atoms with Crippen molar-refractivity contribution in [3.05, 3.63) is 35.9 Å². The molecule has 1 rings (SSSR count). The summed E-state index contributed by atoms with van der Waals surface area (Å²) in [6.45, 7) is 1.09. The Morgan fingerprint density at radius 3 is 2.33 bits per heavy atom. The maximum absolute atomic E-state index is 11.1. The number of carbonyl (C=O) groups is 1. The van der Waals surface area contributed by atoms with E-state index in [1.807, 2.05) is 30.3 Å². The number of carbonyl (C=O) groups excluding carboxylic acids is 1. The summed E-state index contributed by atoms with van der Waals surface area (Å²) in [5.41, 5.74) is 1.01. The van der Waals surface area contributed by atoms with E-state index in [4.69, 9.17) is 4.74 Å². The van der Waals surface area contributed by atoms with Crippen LogP contribution in [0.3, 0.4) is 0 Å². The van der Waals surface area contributed by atoms with Gasteiger partial charge in [0.05, 0.1) is 0 Å². The van der Waals surface area contributed by atoms with Crippen LogP contribution in [0.25, 0.3) is 0 Å². The monoisotopic (exact) mass is 285 g/mol. The number of ether oxygens (including phenoxy) is 1. The van der Waals surface area contributed by atoms with E-state index >= 15 is 0 Å². The molecule has 0 aliphatic heterocycles. The van der Waals surface area contributed by atoms with Crippen molar-refractivity contribution in [2.24, 2.45) is 0 Å². The number of alkyl carbamates (subject to hydrolysis) is 1. The molecule has 0 unspecified atom stereocenters. The van der Waals surface area contributed by atoms with Crippen molar-refractivity contribution >= 4 is 62.6 Å². The van der Waals surface area contributed by atoms with Gasteiger partial charge < -0.3 is 0 Å². The van der Waals surface area contributed by atoms with Gasteiger partial charge in [-0.1, -0.05) is 0 Å². The molecule has 0 bridgehead atoms. The van der Waals surface area contributed by atoms with Crippen LogP contribution >= 0.6 is 0 Å². The summed E-state index contributed by atoms with van der Waals surface area (Å²) < 4.78 is 35.1. The maximum atomic E-state index is 11.1. The molecule has 3 nitrogen and oxygen atoms in total. The number of rotatable bonds is 4.